The molecule has 0 aliphatic rings. The van der Waals surface area contributed by atoms with Crippen LogP contribution in [0.1, 0.15) is 52.4 Å². The second-order valence-corrected chi connectivity index (χ2v) is 7.75. The molecule has 3 aromatic heterocycles. The van der Waals surface area contributed by atoms with Crippen molar-refractivity contribution in [3.05, 3.63) is 81.0 Å². The Bertz CT molecular complexity index is 1360. The van der Waals surface area contributed by atoms with Gasteiger partial charge >= 0.3 is 0 Å². The fraction of sp³-hybridized carbons (Fsp3) is 0.238. The molecule has 0 aliphatic heterocycles. The molecule has 12 heteroatoms. The average molecular weight is 471 g/mol. The minimum absolute atomic E-state index is 0.203. The highest BCUT2D eigenvalue weighted by atomic mass is 35.5. The van der Waals surface area contributed by atoms with Crippen LogP contribution < -0.4 is 10.9 Å². The average Bonchev–Trinajstić information content (AvgIpc) is 3.45. The molecule has 0 bridgehead atoms. The van der Waals surface area contributed by atoms with Crippen molar-refractivity contribution in [1.29, 1.82) is 0 Å². The molecule has 11 nitrogen and oxygen atoms in total. The summed E-state index contributed by atoms with van der Waals surface area (Å²) >= 11 is 6.47. The summed E-state index contributed by atoms with van der Waals surface area (Å²) in [6.45, 7) is 3.45. The summed E-state index contributed by atoms with van der Waals surface area (Å²) in [6.07, 6.45) is 2.47. The number of rotatable bonds is 6. The van der Waals surface area contributed by atoms with Gasteiger partial charge < -0.3 is 19.4 Å². The maximum Gasteiger partial charge on any atom is 0.296 e. The molecule has 0 aliphatic carbocycles. The molecule has 1 amide bonds. The first-order valence-electron chi connectivity index (χ1n) is 9.83. The number of hydrogen-bond acceptors (Lipinski definition) is 9. The van der Waals surface area contributed by atoms with Crippen molar-refractivity contribution in [1.82, 2.24) is 24.9 Å². The fourth-order valence-electron chi connectivity index (χ4n) is 3.56. The van der Waals surface area contributed by atoms with E-state index in [0.717, 1.165) is 0 Å². The number of aromatic nitrogens is 5. The van der Waals surface area contributed by atoms with E-state index >= 15 is 0 Å². The third kappa shape index (κ3) is 4.22. The first-order chi connectivity index (χ1) is 15.8. The first kappa shape index (κ1) is 22.2. The zero-order chi connectivity index (χ0) is 23.7. The molecule has 0 unspecified atom stereocenters. The lowest BCUT2D eigenvalue weighted by atomic mass is 9.86. The second-order valence-electron chi connectivity index (χ2n) is 7.35. The largest absolute Gasteiger partial charge is 0.501 e. The number of anilines is 1. The van der Waals surface area contributed by atoms with E-state index in [-0.39, 0.29) is 17.4 Å². The maximum atomic E-state index is 12.8. The second kappa shape index (κ2) is 8.87. The van der Waals surface area contributed by atoms with Gasteiger partial charge in [0.2, 0.25) is 17.5 Å². The van der Waals surface area contributed by atoms with E-state index in [1.807, 2.05) is 6.07 Å². The highest BCUT2D eigenvalue weighted by Gasteiger charge is 2.33. The Balaban J connectivity index is 1.83. The summed E-state index contributed by atoms with van der Waals surface area (Å²) in [5.41, 5.74) is -0.317. The van der Waals surface area contributed by atoms with Gasteiger partial charge in [0.25, 0.3) is 11.5 Å². The molecule has 4 aromatic rings. The number of benzene rings is 1. The predicted molar refractivity (Wildman–Crippen MR) is 116 cm³/mol. The van der Waals surface area contributed by atoms with Crippen LogP contribution in [-0.2, 0) is 7.05 Å². The topological polar surface area (TPSA) is 149 Å². The third-order valence-corrected chi connectivity index (χ3v) is 5.51. The van der Waals surface area contributed by atoms with Gasteiger partial charge in [0.15, 0.2) is 5.69 Å². The summed E-state index contributed by atoms with van der Waals surface area (Å²) in [5, 5.41) is 24.8. The van der Waals surface area contributed by atoms with Crippen LogP contribution in [0.4, 0.5) is 5.69 Å². The highest BCUT2D eigenvalue weighted by Crippen LogP contribution is 2.39. The lowest BCUT2D eigenvalue weighted by Crippen LogP contribution is -2.29. The predicted octanol–water partition coefficient (Wildman–Crippen LogP) is 3.01. The van der Waals surface area contributed by atoms with Crippen LogP contribution >= 0.6 is 11.6 Å². The van der Waals surface area contributed by atoms with E-state index in [9.17, 15) is 14.7 Å². The molecule has 33 heavy (non-hydrogen) atoms. The van der Waals surface area contributed by atoms with Gasteiger partial charge in [-0.25, -0.2) is 4.98 Å². The van der Waals surface area contributed by atoms with Gasteiger partial charge in [-0.2, -0.15) is 0 Å². The lowest BCUT2D eigenvalue weighted by Gasteiger charge is -2.24. The molecule has 0 saturated heterocycles. The molecule has 2 atom stereocenters. The number of aromatic hydroxyl groups is 1. The van der Waals surface area contributed by atoms with Gasteiger partial charge in [0.05, 0.1) is 12.1 Å². The van der Waals surface area contributed by atoms with E-state index in [1.54, 1.807) is 32.0 Å². The quantitative estimate of drug-likeness (QED) is 0.433. The number of hydrogen-bond donors (Lipinski definition) is 2. The number of amides is 1. The van der Waals surface area contributed by atoms with Gasteiger partial charge in [0.1, 0.15) is 17.8 Å². The monoisotopic (exact) mass is 470 g/mol. The van der Waals surface area contributed by atoms with Gasteiger partial charge in [-0.05, 0) is 11.6 Å². The van der Waals surface area contributed by atoms with Crippen molar-refractivity contribution in [2.45, 2.75) is 25.7 Å². The van der Waals surface area contributed by atoms with Crippen molar-refractivity contribution in [3.8, 4) is 5.75 Å². The van der Waals surface area contributed by atoms with Crippen LogP contribution in [0.25, 0.3) is 0 Å². The molecular weight excluding hydrogens is 452 g/mol. The van der Waals surface area contributed by atoms with E-state index in [1.165, 1.54) is 24.1 Å². The fourth-order valence-corrected chi connectivity index (χ4v) is 3.81. The molecule has 4 rings (SSSR count). The zero-order valence-corrected chi connectivity index (χ0v) is 18.6. The Morgan fingerprint density at radius 1 is 1.27 bits per heavy atom. The lowest BCUT2D eigenvalue weighted by molar-refractivity contribution is 0.101. The van der Waals surface area contributed by atoms with E-state index in [4.69, 9.17) is 16.0 Å². The zero-order valence-electron chi connectivity index (χ0n) is 17.8. The van der Waals surface area contributed by atoms with Gasteiger partial charge in [-0.3, -0.25) is 14.2 Å². The van der Waals surface area contributed by atoms with Crippen molar-refractivity contribution in [3.63, 3.8) is 0 Å². The standard InChI is InChI=1S/C21H19ClN6O5/c1-10(15(20-27-26-11(2)33-20)13-6-4-5-7-14(13)22)18-25-16(17(29)21(31)28(18)3)19(30)24-12-8-23-32-9-12/h4-10,15,29H,1-3H3,(H,24,30)/t10-,15+/m0/s1. The van der Waals surface area contributed by atoms with Gasteiger partial charge in [-0.15, -0.1) is 10.2 Å². The van der Waals surface area contributed by atoms with Crippen LogP contribution in [0.3, 0.4) is 0 Å². The first-order valence-corrected chi connectivity index (χ1v) is 10.2. The number of nitrogens with zero attached hydrogens (tertiary/aromatic N) is 5. The van der Waals surface area contributed by atoms with Crippen molar-refractivity contribution >= 4 is 23.2 Å². The van der Waals surface area contributed by atoms with E-state index < -0.39 is 34.7 Å². The summed E-state index contributed by atoms with van der Waals surface area (Å²) in [6, 6.07) is 7.13. The molecule has 3 heterocycles. The van der Waals surface area contributed by atoms with Crippen LogP contribution in [0.5, 0.6) is 5.75 Å². The Kier molecular flexibility index (Phi) is 5.97. The normalized spacial score (nSPS) is 13.0. The molecule has 1 aromatic carbocycles. The maximum absolute atomic E-state index is 12.8. The summed E-state index contributed by atoms with van der Waals surface area (Å²) in [5.74, 6) is -1.91. The molecule has 0 radical (unpaired) electrons. The van der Waals surface area contributed by atoms with Crippen LogP contribution in [0.15, 0.2) is 50.5 Å². The minimum Gasteiger partial charge on any atom is -0.501 e. The molecule has 0 fully saturated rings. The Morgan fingerprint density at radius 3 is 2.67 bits per heavy atom. The Labute approximate surface area is 192 Å². The Morgan fingerprint density at radius 2 is 2.03 bits per heavy atom. The number of carbonyl (C=O) groups excluding carboxylic acids is 1. The van der Waals surface area contributed by atoms with E-state index in [0.29, 0.717) is 16.5 Å². The Hall–Kier alpha value is -3.99. The molecule has 170 valence electrons. The van der Waals surface area contributed by atoms with Crippen LogP contribution in [-0.4, -0.2) is 35.9 Å². The number of aryl methyl sites for hydroxylation is 1. The van der Waals surface area contributed by atoms with Gasteiger partial charge in [-0.1, -0.05) is 41.9 Å². The summed E-state index contributed by atoms with van der Waals surface area (Å²) in [4.78, 5) is 29.8. The smallest absolute Gasteiger partial charge is 0.296 e. The molecule has 2 N–H and O–H groups in total. The van der Waals surface area contributed by atoms with Crippen molar-refractivity contribution < 1.29 is 18.8 Å². The third-order valence-electron chi connectivity index (χ3n) is 5.16. The minimum atomic E-state index is -0.801. The van der Waals surface area contributed by atoms with Crippen molar-refractivity contribution in [2.75, 3.05) is 5.32 Å². The number of nitrogens with one attached hydrogen (secondary N) is 1. The van der Waals surface area contributed by atoms with Crippen LogP contribution in [0.2, 0.25) is 5.02 Å². The van der Waals surface area contributed by atoms with Crippen LogP contribution in [0, 0.1) is 6.92 Å². The highest BCUT2D eigenvalue weighted by molar-refractivity contribution is 6.31. The SMILES string of the molecule is Cc1nnc([C@@H](c2ccccc2Cl)[C@H](C)c2nc(C(=O)Nc3cnoc3)c(O)c(=O)n2C)o1. The summed E-state index contributed by atoms with van der Waals surface area (Å²) < 4.78 is 11.5. The summed E-state index contributed by atoms with van der Waals surface area (Å²) in [7, 11) is 1.45. The molecular formula is C21H19ClN6O5. The van der Waals surface area contributed by atoms with Gasteiger partial charge in [0, 0.05) is 24.9 Å². The number of carbonyl (C=O) groups is 1. The number of halogens is 1. The molecule has 0 spiro atoms. The molecule has 0 saturated carbocycles. The van der Waals surface area contributed by atoms with Crippen molar-refractivity contribution in [2.24, 2.45) is 7.05 Å². The van der Waals surface area contributed by atoms with E-state index in [2.05, 4.69) is 30.2 Å².